The summed E-state index contributed by atoms with van der Waals surface area (Å²) in [5, 5.41) is 10.8. The number of hydrogen-bond donors (Lipinski definition) is 1. The number of sulfonamides is 1. The highest BCUT2D eigenvalue weighted by atomic mass is 32.2. The summed E-state index contributed by atoms with van der Waals surface area (Å²) in [5.74, 6) is -0.442. The maximum absolute atomic E-state index is 14.8. The predicted molar refractivity (Wildman–Crippen MR) is 100.0 cm³/mol. The largest absolute Gasteiger partial charge is 0.390 e. The summed E-state index contributed by atoms with van der Waals surface area (Å²) < 4.78 is 45.3. The van der Waals surface area contributed by atoms with E-state index in [1.54, 1.807) is 19.9 Å². The van der Waals surface area contributed by atoms with E-state index in [0.717, 1.165) is 11.8 Å². The standard InChI is InChI=1S/C19H30FNO4S/c1-5-10-21(26(4,23)24)14-15-6-7-16(13-17(15)20)19(18(2,3)22)8-11-25-12-9-19/h6-7,13,22H,5,8-12,14H2,1-4H3. The molecule has 0 aromatic heterocycles. The highest BCUT2D eigenvalue weighted by molar-refractivity contribution is 7.88. The van der Waals surface area contributed by atoms with Crippen molar-refractivity contribution < 1.29 is 22.7 Å². The third kappa shape index (κ3) is 4.44. The van der Waals surface area contributed by atoms with Crippen molar-refractivity contribution in [2.75, 3.05) is 26.0 Å². The van der Waals surface area contributed by atoms with Crippen LogP contribution in [-0.2, 0) is 26.7 Å². The minimum absolute atomic E-state index is 0.0113. The minimum atomic E-state index is -3.40. The Morgan fingerprint density at radius 2 is 1.92 bits per heavy atom. The monoisotopic (exact) mass is 387 g/mol. The van der Waals surface area contributed by atoms with Crippen molar-refractivity contribution >= 4 is 10.0 Å². The maximum atomic E-state index is 14.8. The topological polar surface area (TPSA) is 66.8 Å². The zero-order chi connectivity index (χ0) is 19.6. The van der Waals surface area contributed by atoms with E-state index in [-0.39, 0.29) is 6.54 Å². The molecule has 0 spiro atoms. The molecule has 1 heterocycles. The fourth-order valence-electron chi connectivity index (χ4n) is 3.75. The molecule has 1 aliphatic rings. The van der Waals surface area contributed by atoms with Gasteiger partial charge in [-0.3, -0.25) is 0 Å². The smallest absolute Gasteiger partial charge is 0.211 e. The molecule has 148 valence electrons. The van der Waals surface area contributed by atoms with E-state index < -0.39 is 26.9 Å². The van der Waals surface area contributed by atoms with Crippen LogP contribution in [-0.4, -0.2) is 49.4 Å². The van der Waals surface area contributed by atoms with Gasteiger partial charge in [0.2, 0.25) is 10.0 Å². The molecule has 1 aliphatic heterocycles. The highest BCUT2D eigenvalue weighted by Crippen LogP contribution is 2.44. The van der Waals surface area contributed by atoms with Crippen LogP contribution >= 0.6 is 0 Å². The van der Waals surface area contributed by atoms with Crippen LogP contribution in [0, 0.1) is 5.82 Å². The van der Waals surface area contributed by atoms with Gasteiger partial charge in [0.15, 0.2) is 0 Å². The molecule has 0 atom stereocenters. The quantitative estimate of drug-likeness (QED) is 0.781. The van der Waals surface area contributed by atoms with E-state index in [4.69, 9.17) is 4.74 Å². The zero-order valence-electron chi connectivity index (χ0n) is 16.1. The Bertz CT molecular complexity index is 722. The maximum Gasteiger partial charge on any atom is 0.211 e. The molecule has 1 fully saturated rings. The van der Waals surface area contributed by atoms with E-state index in [9.17, 15) is 17.9 Å². The van der Waals surface area contributed by atoms with Crippen molar-refractivity contribution in [2.45, 2.75) is 57.6 Å². The lowest BCUT2D eigenvalue weighted by Gasteiger charge is -2.46. The summed E-state index contributed by atoms with van der Waals surface area (Å²) in [6.45, 7) is 6.78. The van der Waals surface area contributed by atoms with Crippen LogP contribution in [0.5, 0.6) is 0 Å². The lowest BCUT2D eigenvalue weighted by Crippen LogP contribution is -2.51. The number of halogens is 1. The molecule has 0 saturated carbocycles. The molecule has 1 N–H and O–H groups in total. The number of hydrogen-bond acceptors (Lipinski definition) is 4. The van der Waals surface area contributed by atoms with E-state index in [1.807, 2.05) is 13.0 Å². The summed E-state index contributed by atoms with van der Waals surface area (Å²) in [6, 6.07) is 4.90. The van der Waals surface area contributed by atoms with Crippen molar-refractivity contribution in [3.05, 3.63) is 35.1 Å². The van der Waals surface area contributed by atoms with Crippen LogP contribution in [0.3, 0.4) is 0 Å². The number of benzene rings is 1. The summed E-state index contributed by atoms with van der Waals surface area (Å²) >= 11 is 0. The second-order valence-corrected chi connectivity index (χ2v) is 9.64. The SMILES string of the molecule is CCCN(Cc1ccc(C2(C(C)(C)O)CCOCC2)cc1F)S(C)(=O)=O. The van der Waals surface area contributed by atoms with E-state index in [2.05, 4.69) is 0 Å². The van der Waals surface area contributed by atoms with Gasteiger partial charge in [-0.15, -0.1) is 0 Å². The number of nitrogens with zero attached hydrogens (tertiary/aromatic N) is 1. The molecule has 0 bridgehead atoms. The summed E-state index contributed by atoms with van der Waals surface area (Å²) in [5.41, 5.74) is -0.530. The van der Waals surface area contributed by atoms with Crippen LogP contribution < -0.4 is 0 Å². The average molecular weight is 388 g/mol. The van der Waals surface area contributed by atoms with Gasteiger partial charge in [-0.25, -0.2) is 12.8 Å². The molecule has 1 aromatic carbocycles. The van der Waals surface area contributed by atoms with Crippen molar-refractivity contribution in [3.8, 4) is 0 Å². The molecule has 0 amide bonds. The molecule has 0 radical (unpaired) electrons. The molecule has 7 heteroatoms. The molecular weight excluding hydrogens is 357 g/mol. The molecule has 0 unspecified atom stereocenters. The van der Waals surface area contributed by atoms with Crippen molar-refractivity contribution in [1.82, 2.24) is 4.31 Å². The minimum Gasteiger partial charge on any atom is -0.390 e. The molecule has 1 saturated heterocycles. The summed E-state index contributed by atoms with van der Waals surface area (Å²) in [7, 11) is -3.40. The summed E-state index contributed by atoms with van der Waals surface area (Å²) in [4.78, 5) is 0. The first-order valence-corrected chi connectivity index (χ1v) is 10.9. The van der Waals surface area contributed by atoms with Crippen LogP contribution in [0.2, 0.25) is 0 Å². The molecule has 1 aromatic rings. The fourth-order valence-corrected chi connectivity index (χ4v) is 4.64. The normalized spacial score (nSPS) is 18.3. The van der Waals surface area contributed by atoms with Crippen molar-refractivity contribution in [1.29, 1.82) is 0 Å². The lowest BCUT2D eigenvalue weighted by molar-refractivity contribution is -0.0663. The van der Waals surface area contributed by atoms with Crippen LogP contribution in [0.25, 0.3) is 0 Å². The number of ether oxygens (including phenoxy) is 1. The van der Waals surface area contributed by atoms with Gasteiger partial charge in [0, 0.05) is 37.3 Å². The second kappa shape index (κ2) is 7.92. The van der Waals surface area contributed by atoms with Gasteiger partial charge in [-0.2, -0.15) is 4.31 Å². The Hall–Kier alpha value is -1.02. The highest BCUT2D eigenvalue weighted by Gasteiger charge is 2.46. The molecule has 2 rings (SSSR count). The van der Waals surface area contributed by atoms with Crippen molar-refractivity contribution in [2.24, 2.45) is 0 Å². The zero-order valence-corrected chi connectivity index (χ0v) is 16.9. The van der Waals surface area contributed by atoms with E-state index in [1.165, 1.54) is 10.4 Å². The van der Waals surface area contributed by atoms with Crippen LogP contribution in [0.15, 0.2) is 18.2 Å². The van der Waals surface area contributed by atoms with Gasteiger partial charge in [0.1, 0.15) is 5.82 Å². The molecule has 0 aliphatic carbocycles. The molecular formula is C19H30FNO4S. The Morgan fingerprint density at radius 3 is 2.38 bits per heavy atom. The Balaban J connectivity index is 2.36. The third-order valence-corrected chi connectivity index (χ3v) is 6.66. The van der Waals surface area contributed by atoms with Gasteiger partial charge in [-0.05, 0) is 44.7 Å². The number of rotatable bonds is 7. The fraction of sp³-hybridized carbons (Fsp3) is 0.684. The van der Waals surface area contributed by atoms with Gasteiger partial charge in [0.05, 0.1) is 11.9 Å². The first-order valence-electron chi connectivity index (χ1n) is 9.05. The number of aliphatic hydroxyl groups is 1. The summed E-state index contributed by atoms with van der Waals surface area (Å²) in [6.07, 6.45) is 3.02. The van der Waals surface area contributed by atoms with Crippen molar-refractivity contribution in [3.63, 3.8) is 0 Å². The Kier molecular flexibility index (Phi) is 6.48. The van der Waals surface area contributed by atoms with Gasteiger partial charge in [0.25, 0.3) is 0 Å². The first-order chi connectivity index (χ1) is 12.0. The second-order valence-electron chi connectivity index (χ2n) is 7.66. The van der Waals surface area contributed by atoms with E-state index in [0.29, 0.717) is 44.6 Å². The molecule has 5 nitrogen and oxygen atoms in total. The first kappa shape index (κ1) is 21.3. The van der Waals surface area contributed by atoms with E-state index >= 15 is 0 Å². The average Bonchev–Trinajstić information content (AvgIpc) is 2.54. The van der Waals surface area contributed by atoms with Gasteiger partial charge >= 0.3 is 0 Å². The third-order valence-electron chi connectivity index (χ3n) is 5.41. The van der Waals surface area contributed by atoms with Crippen LogP contribution in [0.1, 0.15) is 51.2 Å². The Morgan fingerprint density at radius 1 is 1.31 bits per heavy atom. The predicted octanol–water partition coefficient (Wildman–Crippen LogP) is 2.82. The molecule has 26 heavy (non-hydrogen) atoms. The Labute approximate surface area is 156 Å². The van der Waals surface area contributed by atoms with Gasteiger partial charge < -0.3 is 9.84 Å². The lowest BCUT2D eigenvalue weighted by atomic mass is 9.64. The van der Waals surface area contributed by atoms with Gasteiger partial charge in [-0.1, -0.05) is 19.1 Å². The van der Waals surface area contributed by atoms with Crippen LogP contribution in [0.4, 0.5) is 4.39 Å².